The van der Waals surface area contributed by atoms with E-state index in [-0.39, 0.29) is 6.61 Å². The van der Waals surface area contributed by atoms with Crippen LogP contribution in [0.25, 0.3) is 0 Å². The van der Waals surface area contributed by atoms with Crippen LogP contribution < -0.4 is 5.73 Å². The normalized spacial score (nSPS) is 21.2. The molecule has 0 fully saturated rings. The third kappa shape index (κ3) is 4.76. The fourth-order valence-corrected chi connectivity index (χ4v) is 2.54. The predicted molar refractivity (Wildman–Crippen MR) is 69.8 cm³/mol. The van der Waals surface area contributed by atoms with Gasteiger partial charge in [-0.15, -0.1) is 0 Å². The topological polar surface area (TPSA) is 35.2 Å². The van der Waals surface area contributed by atoms with E-state index in [9.17, 15) is 4.39 Å². The number of hydrogen-bond acceptors (Lipinski definition) is 2. The van der Waals surface area contributed by atoms with E-state index >= 15 is 0 Å². The van der Waals surface area contributed by atoms with Crippen LogP contribution in [0.2, 0.25) is 0 Å². The van der Waals surface area contributed by atoms with Gasteiger partial charge in [-0.3, -0.25) is 0 Å². The highest BCUT2D eigenvalue weighted by Gasteiger charge is 2.33. The molecule has 3 heteroatoms. The quantitative estimate of drug-likeness (QED) is 0.726. The monoisotopic (exact) mass is 243 g/mol. The van der Waals surface area contributed by atoms with Gasteiger partial charge in [-0.1, -0.05) is 18.9 Å². The Morgan fingerprint density at radius 2 is 2.12 bits per heavy atom. The van der Waals surface area contributed by atoms with Gasteiger partial charge in [-0.25, -0.2) is 4.39 Å². The molecule has 0 bridgehead atoms. The van der Waals surface area contributed by atoms with Crippen molar-refractivity contribution in [2.24, 2.45) is 5.73 Å². The molecule has 0 aromatic carbocycles. The summed E-state index contributed by atoms with van der Waals surface area (Å²) >= 11 is 0. The minimum absolute atomic E-state index is 0.166. The van der Waals surface area contributed by atoms with Crippen molar-refractivity contribution in [2.75, 3.05) is 20.3 Å². The number of alkyl halides is 1. The lowest BCUT2D eigenvalue weighted by Gasteiger charge is -2.29. The highest BCUT2D eigenvalue weighted by atomic mass is 19.1. The third-order valence-electron chi connectivity index (χ3n) is 3.52. The van der Waals surface area contributed by atoms with Crippen molar-refractivity contribution in [2.45, 2.75) is 57.0 Å². The fraction of sp³-hybridized carbons (Fsp3) is 0.857. The van der Waals surface area contributed by atoms with Crippen molar-refractivity contribution < 1.29 is 9.13 Å². The molecule has 1 aliphatic carbocycles. The van der Waals surface area contributed by atoms with Gasteiger partial charge < -0.3 is 10.5 Å². The molecule has 1 atom stereocenters. The summed E-state index contributed by atoms with van der Waals surface area (Å²) in [5.74, 6) is 0. The maximum Gasteiger partial charge on any atom is 0.155 e. The van der Waals surface area contributed by atoms with Crippen LogP contribution in [0.4, 0.5) is 4.39 Å². The molecule has 2 nitrogen and oxygen atoms in total. The summed E-state index contributed by atoms with van der Waals surface area (Å²) in [6, 6.07) is 0. The van der Waals surface area contributed by atoms with E-state index in [4.69, 9.17) is 10.5 Å². The van der Waals surface area contributed by atoms with Gasteiger partial charge in [0.05, 0.1) is 6.61 Å². The molecule has 1 unspecified atom stereocenters. The van der Waals surface area contributed by atoms with Crippen LogP contribution in [0.15, 0.2) is 11.6 Å². The number of hydrogen-bond donors (Lipinski definition) is 1. The van der Waals surface area contributed by atoms with Crippen molar-refractivity contribution in [3.8, 4) is 0 Å². The highest BCUT2D eigenvalue weighted by Crippen LogP contribution is 2.33. The maximum absolute atomic E-state index is 14.9. The molecular formula is C14H26FNO. The summed E-state index contributed by atoms with van der Waals surface area (Å²) in [5, 5.41) is 0. The van der Waals surface area contributed by atoms with Gasteiger partial charge in [0, 0.05) is 7.11 Å². The molecule has 0 saturated heterocycles. The standard InChI is InChI=1S/C14H26FNO/c1-17-12-14(15,10-7-11-16)13-8-5-3-2-4-6-9-13/h8H,2-7,9-12,16H2,1H3. The molecular weight excluding hydrogens is 217 g/mol. The smallest absolute Gasteiger partial charge is 0.155 e. The molecule has 1 aliphatic rings. The Morgan fingerprint density at radius 1 is 1.35 bits per heavy atom. The van der Waals surface area contributed by atoms with E-state index in [0.29, 0.717) is 13.0 Å². The van der Waals surface area contributed by atoms with Gasteiger partial charge in [0.2, 0.25) is 0 Å². The molecule has 0 aromatic heterocycles. The van der Waals surface area contributed by atoms with E-state index in [1.54, 1.807) is 7.11 Å². The first-order valence-electron chi connectivity index (χ1n) is 6.80. The number of allylic oxidation sites excluding steroid dienone is 1. The number of halogens is 1. The van der Waals surface area contributed by atoms with Crippen LogP contribution >= 0.6 is 0 Å². The van der Waals surface area contributed by atoms with E-state index in [1.807, 2.05) is 0 Å². The first-order valence-corrected chi connectivity index (χ1v) is 6.80. The minimum atomic E-state index is -1.29. The Balaban J connectivity index is 2.71. The molecule has 0 spiro atoms. The minimum Gasteiger partial charge on any atom is -0.381 e. The average Bonchev–Trinajstić information content (AvgIpc) is 2.26. The van der Waals surface area contributed by atoms with E-state index in [2.05, 4.69) is 6.08 Å². The number of rotatable bonds is 6. The summed E-state index contributed by atoms with van der Waals surface area (Å²) < 4.78 is 20.0. The van der Waals surface area contributed by atoms with Crippen molar-refractivity contribution in [3.63, 3.8) is 0 Å². The molecule has 0 heterocycles. The third-order valence-corrected chi connectivity index (χ3v) is 3.52. The Labute approximate surface area is 104 Å². The Morgan fingerprint density at radius 3 is 2.82 bits per heavy atom. The van der Waals surface area contributed by atoms with Crippen LogP contribution in [0.1, 0.15) is 51.4 Å². The van der Waals surface area contributed by atoms with Gasteiger partial charge in [0.1, 0.15) is 0 Å². The fourth-order valence-electron chi connectivity index (χ4n) is 2.54. The average molecular weight is 243 g/mol. The zero-order valence-corrected chi connectivity index (χ0v) is 11.0. The Hall–Kier alpha value is -0.410. The molecule has 1 rings (SSSR count). The van der Waals surface area contributed by atoms with Gasteiger partial charge in [0.15, 0.2) is 5.67 Å². The van der Waals surface area contributed by atoms with Gasteiger partial charge in [-0.2, -0.15) is 0 Å². The van der Waals surface area contributed by atoms with Crippen LogP contribution in [-0.2, 0) is 4.74 Å². The number of methoxy groups -OCH3 is 1. The second-order valence-corrected chi connectivity index (χ2v) is 4.97. The summed E-state index contributed by atoms with van der Waals surface area (Å²) in [4.78, 5) is 0. The lowest BCUT2D eigenvalue weighted by Crippen LogP contribution is -2.32. The summed E-state index contributed by atoms with van der Waals surface area (Å²) in [7, 11) is 1.57. The first kappa shape index (κ1) is 14.7. The van der Waals surface area contributed by atoms with E-state index in [0.717, 1.165) is 31.3 Å². The molecule has 100 valence electrons. The summed E-state index contributed by atoms with van der Waals surface area (Å²) in [6.07, 6.45) is 9.98. The Bertz CT molecular complexity index is 242. The maximum atomic E-state index is 14.9. The summed E-state index contributed by atoms with van der Waals surface area (Å²) in [6.45, 7) is 0.710. The largest absolute Gasteiger partial charge is 0.381 e. The van der Waals surface area contributed by atoms with Gasteiger partial charge in [-0.05, 0) is 50.6 Å². The molecule has 0 amide bonds. The van der Waals surface area contributed by atoms with Crippen molar-refractivity contribution in [1.29, 1.82) is 0 Å². The van der Waals surface area contributed by atoms with Crippen LogP contribution in [-0.4, -0.2) is 25.9 Å². The number of nitrogens with two attached hydrogens (primary N) is 1. The van der Waals surface area contributed by atoms with Crippen LogP contribution in [0.5, 0.6) is 0 Å². The van der Waals surface area contributed by atoms with Crippen molar-refractivity contribution >= 4 is 0 Å². The van der Waals surface area contributed by atoms with E-state index < -0.39 is 5.67 Å². The van der Waals surface area contributed by atoms with Crippen LogP contribution in [0, 0.1) is 0 Å². The molecule has 0 aliphatic heterocycles. The predicted octanol–water partition coefficient (Wildman–Crippen LogP) is 3.36. The zero-order valence-electron chi connectivity index (χ0n) is 11.0. The molecule has 2 N–H and O–H groups in total. The van der Waals surface area contributed by atoms with E-state index in [1.165, 1.54) is 19.3 Å². The van der Waals surface area contributed by atoms with Crippen molar-refractivity contribution in [3.05, 3.63) is 11.6 Å². The van der Waals surface area contributed by atoms with Crippen molar-refractivity contribution in [1.82, 2.24) is 0 Å². The second-order valence-electron chi connectivity index (χ2n) is 4.97. The molecule has 17 heavy (non-hydrogen) atoms. The molecule has 0 saturated carbocycles. The second kappa shape index (κ2) is 7.83. The lowest BCUT2D eigenvalue weighted by molar-refractivity contribution is 0.0568. The number of ether oxygens (including phenoxy) is 1. The first-order chi connectivity index (χ1) is 8.23. The lowest BCUT2D eigenvalue weighted by atomic mass is 9.85. The Kier molecular flexibility index (Phi) is 6.75. The molecule has 0 radical (unpaired) electrons. The van der Waals surface area contributed by atoms with Crippen LogP contribution in [0.3, 0.4) is 0 Å². The highest BCUT2D eigenvalue weighted by molar-refractivity contribution is 5.18. The van der Waals surface area contributed by atoms with Gasteiger partial charge in [0.25, 0.3) is 0 Å². The zero-order chi connectivity index (χ0) is 12.6. The van der Waals surface area contributed by atoms with Gasteiger partial charge >= 0.3 is 0 Å². The SMILES string of the molecule is COCC(F)(CCCN)C1=CCCCCCC1. The summed E-state index contributed by atoms with van der Waals surface area (Å²) in [5.41, 5.74) is 5.16. The molecule has 0 aromatic rings.